The Morgan fingerprint density at radius 2 is 2.16 bits per heavy atom. The van der Waals surface area contributed by atoms with Crippen molar-refractivity contribution in [2.75, 3.05) is 13.1 Å². The van der Waals surface area contributed by atoms with Crippen molar-refractivity contribution in [3.8, 4) is 0 Å². The molecular formula is C13H21BrN2O3. The molecule has 0 saturated carbocycles. The number of amides is 1. The number of ether oxygens (including phenoxy) is 1. The molecule has 0 aromatic carbocycles. The topological polar surface area (TPSA) is 51.1 Å². The highest BCUT2D eigenvalue weighted by Gasteiger charge is 2.40. The van der Waals surface area contributed by atoms with Gasteiger partial charge in [-0.25, -0.2) is 4.79 Å². The number of carbonyl (C=O) groups is 1. The first kappa shape index (κ1) is 14.6. The zero-order valence-corrected chi connectivity index (χ0v) is 13.3. The van der Waals surface area contributed by atoms with Gasteiger partial charge in [0.15, 0.2) is 0 Å². The van der Waals surface area contributed by atoms with Crippen molar-refractivity contribution in [3.05, 3.63) is 0 Å². The molecule has 0 radical (unpaired) electrons. The van der Waals surface area contributed by atoms with Gasteiger partial charge in [0, 0.05) is 25.9 Å². The predicted molar refractivity (Wildman–Crippen MR) is 76.5 cm³/mol. The molecule has 2 heterocycles. The standard InChI is InChI=1S/C13H21BrN2O3/c1-12(2,3)18-11(17)16-7-4-5-13(6-8-16)9-10(14)15-19-13/h4-9H2,1-3H3. The summed E-state index contributed by atoms with van der Waals surface area (Å²) in [7, 11) is 0. The number of nitrogens with zero attached hydrogens (tertiary/aromatic N) is 2. The van der Waals surface area contributed by atoms with E-state index in [9.17, 15) is 4.79 Å². The Bertz CT molecular complexity index is 392. The van der Waals surface area contributed by atoms with Gasteiger partial charge in [-0.05, 0) is 49.5 Å². The average molecular weight is 333 g/mol. The lowest BCUT2D eigenvalue weighted by Crippen LogP contribution is -2.38. The predicted octanol–water partition coefficient (Wildman–Crippen LogP) is 3.27. The average Bonchev–Trinajstić information content (AvgIpc) is 2.52. The van der Waals surface area contributed by atoms with Gasteiger partial charge >= 0.3 is 6.09 Å². The van der Waals surface area contributed by atoms with Gasteiger partial charge in [-0.1, -0.05) is 5.16 Å². The molecule has 6 heteroatoms. The fourth-order valence-electron chi connectivity index (χ4n) is 2.42. The molecule has 2 aliphatic rings. The molecule has 0 N–H and O–H groups in total. The van der Waals surface area contributed by atoms with Crippen molar-refractivity contribution in [2.45, 2.75) is 57.7 Å². The fraction of sp³-hybridized carbons (Fsp3) is 0.846. The maximum absolute atomic E-state index is 12.1. The molecule has 1 spiro atoms. The molecule has 1 saturated heterocycles. The molecule has 0 aromatic rings. The van der Waals surface area contributed by atoms with Crippen LogP contribution in [0.2, 0.25) is 0 Å². The Morgan fingerprint density at radius 3 is 2.74 bits per heavy atom. The van der Waals surface area contributed by atoms with E-state index in [1.54, 1.807) is 4.90 Å². The minimum atomic E-state index is -0.447. The van der Waals surface area contributed by atoms with Crippen LogP contribution in [0.4, 0.5) is 4.79 Å². The van der Waals surface area contributed by atoms with E-state index in [0.717, 1.165) is 36.8 Å². The van der Waals surface area contributed by atoms with Crippen LogP contribution in [0.5, 0.6) is 0 Å². The quantitative estimate of drug-likeness (QED) is 0.684. The first-order chi connectivity index (χ1) is 8.80. The molecule has 5 nitrogen and oxygen atoms in total. The Hall–Kier alpha value is -0.780. The van der Waals surface area contributed by atoms with Gasteiger partial charge in [0.25, 0.3) is 0 Å². The van der Waals surface area contributed by atoms with Crippen LogP contribution in [-0.4, -0.2) is 39.9 Å². The first-order valence-electron chi connectivity index (χ1n) is 6.68. The minimum Gasteiger partial charge on any atom is -0.444 e. The first-order valence-corrected chi connectivity index (χ1v) is 7.47. The summed E-state index contributed by atoms with van der Waals surface area (Å²) in [5.41, 5.74) is -0.674. The molecule has 1 unspecified atom stereocenters. The Kier molecular flexibility index (Phi) is 4.08. The lowest BCUT2D eigenvalue weighted by Gasteiger charge is -2.27. The number of oxime groups is 1. The molecular weight excluding hydrogens is 312 g/mol. The van der Waals surface area contributed by atoms with E-state index in [-0.39, 0.29) is 11.7 Å². The summed E-state index contributed by atoms with van der Waals surface area (Å²) in [5, 5.41) is 3.98. The van der Waals surface area contributed by atoms with Crippen molar-refractivity contribution >= 4 is 26.6 Å². The molecule has 2 aliphatic heterocycles. The van der Waals surface area contributed by atoms with Gasteiger partial charge in [-0.15, -0.1) is 0 Å². The Balaban J connectivity index is 1.92. The minimum absolute atomic E-state index is 0.227. The number of carbonyl (C=O) groups excluding carboxylic acids is 1. The summed E-state index contributed by atoms with van der Waals surface area (Å²) in [6, 6.07) is 0. The number of likely N-dealkylation sites (tertiary alicyclic amines) is 1. The van der Waals surface area contributed by atoms with Crippen molar-refractivity contribution in [2.24, 2.45) is 5.16 Å². The summed E-state index contributed by atoms with van der Waals surface area (Å²) in [5.74, 6) is 0. The number of hydrogen-bond donors (Lipinski definition) is 0. The van der Waals surface area contributed by atoms with Crippen molar-refractivity contribution in [3.63, 3.8) is 0 Å². The smallest absolute Gasteiger partial charge is 0.410 e. The number of hydrogen-bond acceptors (Lipinski definition) is 4. The zero-order chi connectivity index (χ0) is 14.1. The van der Waals surface area contributed by atoms with Crippen LogP contribution in [-0.2, 0) is 9.57 Å². The Morgan fingerprint density at radius 1 is 1.42 bits per heavy atom. The SMILES string of the molecule is CC(C)(C)OC(=O)N1CCCC2(CC1)CC(Br)=NO2. The van der Waals surface area contributed by atoms with Gasteiger partial charge < -0.3 is 14.5 Å². The summed E-state index contributed by atoms with van der Waals surface area (Å²) >= 11 is 3.38. The Labute approximate surface area is 122 Å². The van der Waals surface area contributed by atoms with Crippen LogP contribution in [0, 0.1) is 0 Å². The van der Waals surface area contributed by atoms with E-state index in [0.29, 0.717) is 6.54 Å². The third kappa shape index (κ3) is 3.84. The lowest BCUT2D eigenvalue weighted by atomic mass is 9.92. The summed E-state index contributed by atoms with van der Waals surface area (Å²) in [6.45, 7) is 7.03. The van der Waals surface area contributed by atoms with E-state index < -0.39 is 5.60 Å². The molecule has 19 heavy (non-hydrogen) atoms. The second-order valence-electron chi connectivity index (χ2n) is 6.24. The van der Waals surface area contributed by atoms with Crippen molar-refractivity contribution < 1.29 is 14.4 Å². The second-order valence-corrected chi connectivity index (χ2v) is 7.15. The fourth-order valence-corrected chi connectivity index (χ4v) is 3.00. The van der Waals surface area contributed by atoms with E-state index in [1.807, 2.05) is 20.8 Å². The zero-order valence-electron chi connectivity index (χ0n) is 11.7. The van der Waals surface area contributed by atoms with Crippen molar-refractivity contribution in [1.82, 2.24) is 4.90 Å². The molecule has 2 rings (SSSR count). The second kappa shape index (κ2) is 5.31. The molecule has 1 amide bonds. The van der Waals surface area contributed by atoms with Gasteiger partial charge in [0.2, 0.25) is 0 Å². The number of rotatable bonds is 0. The van der Waals surface area contributed by atoms with Crippen LogP contribution in [0.25, 0.3) is 0 Å². The van der Waals surface area contributed by atoms with Crippen LogP contribution in [0.3, 0.4) is 0 Å². The highest BCUT2D eigenvalue weighted by Crippen LogP contribution is 2.36. The highest BCUT2D eigenvalue weighted by atomic mass is 79.9. The normalized spacial score (nSPS) is 27.8. The van der Waals surface area contributed by atoms with Gasteiger partial charge in [0.1, 0.15) is 15.8 Å². The van der Waals surface area contributed by atoms with E-state index in [2.05, 4.69) is 21.1 Å². The molecule has 1 atom stereocenters. The van der Waals surface area contributed by atoms with Crippen LogP contribution in [0.1, 0.15) is 46.5 Å². The highest BCUT2D eigenvalue weighted by molar-refractivity contribution is 9.18. The molecule has 0 aliphatic carbocycles. The van der Waals surface area contributed by atoms with Gasteiger partial charge in [-0.3, -0.25) is 0 Å². The van der Waals surface area contributed by atoms with Crippen LogP contribution >= 0.6 is 15.9 Å². The van der Waals surface area contributed by atoms with Crippen LogP contribution in [0.15, 0.2) is 5.16 Å². The maximum Gasteiger partial charge on any atom is 0.410 e. The van der Waals surface area contributed by atoms with Gasteiger partial charge in [0.05, 0.1) is 0 Å². The van der Waals surface area contributed by atoms with E-state index in [1.165, 1.54) is 0 Å². The van der Waals surface area contributed by atoms with E-state index in [4.69, 9.17) is 9.57 Å². The molecule has 1 fully saturated rings. The van der Waals surface area contributed by atoms with Crippen molar-refractivity contribution in [1.29, 1.82) is 0 Å². The summed E-state index contributed by atoms with van der Waals surface area (Å²) in [4.78, 5) is 19.4. The summed E-state index contributed by atoms with van der Waals surface area (Å²) in [6.07, 6.45) is 3.20. The monoisotopic (exact) mass is 332 g/mol. The number of halogens is 1. The third-order valence-corrected chi connectivity index (χ3v) is 3.78. The van der Waals surface area contributed by atoms with E-state index >= 15 is 0 Å². The summed E-state index contributed by atoms with van der Waals surface area (Å²) < 4.78 is 6.27. The maximum atomic E-state index is 12.1. The molecule has 0 aromatic heterocycles. The van der Waals surface area contributed by atoms with Crippen LogP contribution < -0.4 is 0 Å². The van der Waals surface area contributed by atoms with Gasteiger partial charge in [-0.2, -0.15) is 0 Å². The third-order valence-electron chi connectivity index (χ3n) is 3.36. The largest absolute Gasteiger partial charge is 0.444 e. The molecule has 0 bridgehead atoms. The molecule has 108 valence electrons. The lowest BCUT2D eigenvalue weighted by molar-refractivity contribution is -0.0298.